The van der Waals surface area contributed by atoms with Crippen LogP contribution >= 0.6 is 0 Å². The summed E-state index contributed by atoms with van der Waals surface area (Å²) >= 11 is 0. The van der Waals surface area contributed by atoms with E-state index in [1.54, 1.807) is 0 Å². The third kappa shape index (κ3) is 8.12. The fraction of sp³-hybridized carbons (Fsp3) is 0.481. The molecule has 6 nitrogen and oxygen atoms in total. The second-order valence-electron chi connectivity index (χ2n) is 10.3. The first-order chi connectivity index (χ1) is 15.4. The number of urea groups is 1. The molecule has 0 heterocycles. The first-order valence-corrected chi connectivity index (χ1v) is 11.6. The molecular weight excluding hydrogens is 412 g/mol. The minimum atomic E-state index is -0.126. The predicted molar refractivity (Wildman–Crippen MR) is 138 cm³/mol. The highest BCUT2D eigenvalue weighted by Gasteiger charge is 2.24. The maximum absolute atomic E-state index is 13.2. The second kappa shape index (κ2) is 11.2. The Bertz CT molecular complexity index is 933. The van der Waals surface area contributed by atoms with E-state index < -0.39 is 0 Å². The molecule has 0 aliphatic carbocycles. The highest BCUT2D eigenvalue weighted by Crippen LogP contribution is 2.29. The van der Waals surface area contributed by atoms with Crippen LogP contribution in [0.15, 0.2) is 48.5 Å². The van der Waals surface area contributed by atoms with Crippen LogP contribution in [0.1, 0.15) is 65.1 Å². The number of hydrogen-bond donors (Lipinski definition) is 2. The van der Waals surface area contributed by atoms with Crippen LogP contribution < -0.4 is 15.5 Å². The van der Waals surface area contributed by atoms with Gasteiger partial charge in [-0.05, 0) is 55.5 Å². The summed E-state index contributed by atoms with van der Waals surface area (Å²) in [5.74, 6) is -0.0156. The molecule has 2 aromatic rings. The normalized spacial score (nSPS) is 12.3. The molecule has 1 atom stereocenters. The van der Waals surface area contributed by atoms with Gasteiger partial charge in [0.1, 0.15) is 0 Å². The van der Waals surface area contributed by atoms with Gasteiger partial charge in [0.05, 0.1) is 12.6 Å². The van der Waals surface area contributed by atoms with Crippen LogP contribution in [0.5, 0.6) is 0 Å². The van der Waals surface area contributed by atoms with Gasteiger partial charge in [0.15, 0.2) is 0 Å². The van der Waals surface area contributed by atoms with Gasteiger partial charge in [0.2, 0.25) is 5.91 Å². The molecule has 0 aliphatic rings. The average molecular weight is 453 g/mol. The van der Waals surface area contributed by atoms with E-state index in [1.807, 2.05) is 114 Å². The Labute approximate surface area is 199 Å². The molecule has 0 bridgehead atoms. The lowest BCUT2D eigenvalue weighted by Crippen LogP contribution is -2.43. The molecule has 2 N–H and O–H groups in total. The van der Waals surface area contributed by atoms with Crippen LogP contribution in [0.3, 0.4) is 0 Å². The summed E-state index contributed by atoms with van der Waals surface area (Å²) in [5.41, 5.74) is 3.69. The van der Waals surface area contributed by atoms with E-state index in [9.17, 15) is 9.59 Å². The summed E-state index contributed by atoms with van der Waals surface area (Å²) in [6.07, 6.45) is 0.436. The Morgan fingerprint density at radius 1 is 0.970 bits per heavy atom. The largest absolute Gasteiger partial charge is 0.377 e. The highest BCUT2D eigenvalue weighted by molar-refractivity contribution is 5.91. The molecule has 6 heteroatoms. The second-order valence-corrected chi connectivity index (χ2v) is 10.3. The van der Waals surface area contributed by atoms with Gasteiger partial charge in [-0.15, -0.1) is 0 Å². The Balaban J connectivity index is 2.39. The van der Waals surface area contributed by atoms with Crippen LogP contribution in [0.2, 0.25) is 0 Å². The summed E-state index contributed by atoms with van der Waals surface area (Å²) in [6, 6.07) is 15.7. The third-order valence-corrected chi connectivity index (χ3v) is 5.30. The third-order valence-electron chi connectivity index (χ3n) is 5.30. The van der Waals surface area contributed by atoms with Crippen molar-refractivity contribution in [1.82, 2.24) is 10.2 Å². The number of nitrogens with zero attached hydrogens (tertiary/aromatic N) is 2. The first-order valence-electron chi connectivity index (χ1n) is 11.6. The lowest BCUT2D eigenvalue weighted by molar-refractivity contribution is -0.117. The Hall–Kier alpha value is -3.02. The van der Waals surface area contributed by atoms with Crippen LogP contribution in [0.4, 0.5) is 16.2 Å². The lowest BCUT2D eigenvalue weighted by atomic mass is 9.92. The van der Waals surface area contributed by atoms with Crippen LogP contribution in [0, 0.1) is 5.41 Å². The monoisotopic (exact) mass is 452 g/mol. The van der Waals surface area contributed by atoms with Crippen molar-refractivity contribution < 1.29 is 9.59 Å². The number of anilines is 2. The fourth-order valence-electron chi connectivity index (χ4n) is 3.72. The molecule has 2 rings (SSSR count). The zero-order valence-corrected chi connectivity index (χ0v) is 21.4. The van der Waals surface area contributed by atoms with Crippen molar-refractivity contribution in [2.45, 2.75) is 66.6 Å². The van der Waals surface area contributed by atoms with Gasteiger partial charge < -0.3 is 20.4 Å². The molecule has 0 spiro atoms. The maximum atomic E-state index is 13.2. The lowest BCUT2D eigenvalue weighted by Gasteiger charge is -2.32. The summed E-state index contributed by atoms with van der Waals surface area (Å²) < 4.78 is 0. The Morgan fingerprint density at radius 3 is 2.15 bits per heavy atom. The SMILES string of the molecule is CC(C)NC(=O)N(Cc1cc(NC(=O)CC(C)(C)C)ccc1N(C)C)[C@@H](C)c1ccccc1. The molecule has 0 radical (unpaired) electrons. The zero-order chi connectivity index (χ0) is 24.8. The van der Waals surface area contributed by atoms with E-state index in [1.165, 1.54) is 0 Å². The van der Waals surface area contributed by atoms with Gasteiger partial charge in [-0.25, -0.2) is 4.79 Å². The van der Waals surface area contributed by atoms with Crippen molar-refractivity contribution in [3.05, 3.63) is 59.7 Å². The molecule has 2 aromatic carbocycles. The molecule has 0 fully saturated rings. The average Bonchev–Trinajstić information content (AvgIpc) is 2.70. The van der Waals surface area contributed by atoms with Crippen molar-refractivity contribution >= 4 is 23.3 Å². The molecule has 0 aromatic heterocycles. The molecule has 33 heavy (non-hydrogen) atoms. The number of carbonyl (C=O) groups excluding carboxylic acids is 2. The van der Waals surface area contributed by atoms with E-state index in [2.05, 4.69) is 10.6 Å². The fourth-order valence-corrected chi connectivity index (χ4v) is 3.72. The molecule has 180 valence electrons. The van der Waals surface area contributed by atoms with Gasteiger partial charge in [0.25, 0.3) is 0 Å². The van der Waals surface area contributed by atoms with E-state index in [0.717, 1.165) is 22.5 Å². The van der Waals surface area contributed by atoms with Crippen LogP contribution in [-0.2, 0) is 11.3 Å². The van der Waals surface area contributed by atoms with Gasteiger partial charge >= 0.3 is 6.03 Å². The van der Waals surface area contributed by atoms with Gasteiger partial charge in [-0.2, -0.15) is 0 Å². The zero-order valence-electron chi connectivity index (χ0n) is 21.4. The van der Waals surface area contributed by atoms with E-state index in [-0.39, 0.29) is 29.4 Å². The molecule has 3 amide bonds. The Morgan fingerprint density at radius 2 is 1.61 bits per heavy atom. The summed E-state index contributed by atoms with van der Waals surface area (Å²) in [7, 11) is 3.96. The quantitative estimate of drug-likeness (QED) is 0.531. The summed E-state index contributed by atoms with van der Waals surface area (Å²) in [4.78, 5) is 29.6. The number of benzene rings is 2. The molecule has 0 unspecified atom stereocenters. The molecule has 0 saturated heterocycles. The van der Waals surface area contributed by atoms with Crippen molar-refractivity contribution in [2.75, 3.05) is 24.3 Å². The number of amides is 3. The van der Waals surface area contributed by atoms with E-state index in [0.29, 0.717) is 13.0 Å². The van der Waals surface area contributed by atoms with Crippen molar-refractivity contribution in [1.29, 1.82) is 0 Å². The minimum Gasteiger partial charge on any atom is -0.377 e. The number of rotatable bonds is 8. The van der Waals surface area contributed by atoms with E-state index >= 15 is 0 Å². The van der Waals surface area contributed by atoms with Gasteiger partial charge in [-0.3, -0.25) is 4.79 Å². The van der Waals surface area contributed by atoms with Crippen LogP contribution in [0.25, 0.3) is 0 Å². The standard InChI is InChI=1S/C27H40N4O2/c1-19(2)28-26(33)31(20(3)21-12-10-9-11-13-21)18-22-16-23(14-15-24(22)30(7)8)29-25(32)17-27(4,5)6/h9-16,19-20H,17-18H2,1-8H3,(H,28,33)(H,29,32)/t20-/m0/s1. The number of carbonyl (C=O) groups is 2. The van der Waals surface area contributed by atoms with Crippen molar-refractivity contribution in [2.24, 2.45) is 5.41 Å². The number of nitrogens with one attached hydrogen (secondary N) is 2. The molecule has 0 aliphatic heterocycles. The van der Waals surface area contributed by atoms with Gasteiger partial charge in [0, 0.05) is 37.9 Å². The van der Waals surface area contributed by atoms with Gasteiger partial charge in [-0.1, -0.05) is 51.1 Å². The Kier molecular flexibility index (Phi) is 8.91. The van der Waals surface area contributed by atoms with Crippen molar-refractivity contribution in [3.8, 4) is 0 Å². The topological polar surface area (TPSA) is 64.7 Å². The smallest absolute Gasteiger partial charge is 0.318 e. The number of hydrogen-bond acceptors (Lipinski definition) is 3. The first kappa shape index (κ1) is 26.2. The van der Waals surface area contributed by atoms with Crippen LogP contribution in [-0.4, -0.2) is 37.0 Å². The minimum absolute atomic E-state index is 0.0156. The van der Waals surface area contributed by atoms with Crippen molar-refractivity contribution in [3.63, 3.8) is 0 Å². The maximum Gasteiger partial charge on any atom is 0.318 e. The summed E-state index contributed by atoms with van der Waals surface area (Å²) in [5, 5.41) is 6.06. The highest BCUT2D eigenvalue weighted by atomic mass is 16.2. The molecule has 0 saturated carbocycles. The predicted octanol–water partition coefficient (Wildman–Crippen LogP) is 5.81. The van der Waals surface area contributed by atoms with E-state index in [4.69, 9.17) is 0 Å². The summed E-state index contributed by atoms with van der Waals surface area (Å²) in [6.45, 7) is 12.5. The molecular formula is C27H40N4O2.